The molecule has 2 N–H and O–H groups in total. The predicted molar refractivity (Wildman–Crippen MR) is 156 cm³/mol. The van der Waals surface area contributed by atoms with Gasteiger partial charge in [0.1, 0.15) is 23.3 Å². The molecule has 44 heavy (non-hydrogen) atoms. The largest absolute Gasteiger partial charge is 0.393 e. The molecule has 1 fully saturated rings. The molecular weight excluding hydrogens is 587 g/mol. The highest BCUT2D eigenvalue weighted by atomic mass is 35.5. The summed E-state index contributed by atoms with van der Waals surface area (Å²) in [6.45, 7) is 1.56. The zero-order valence-corrected chi connectivity index (χ0v) is 24.9. The molecule has 3 heterocycles. The number of rotatable bonds is 8. The topological polar surface area (TPSA) is 137 Å². The molecule has 4 aromatic rings. The first-order valence-electron chi connectivity index (χ1n) is 14.3. The molecule has 12 heteroatoms. The van der Waals surface area contributed by atoms with Crippen LogP contribution >= 0.6 is 11.6 Å². The SMILES string of the molecule is CCC(O)(c1cc(F)c2c(c1)C(=O)N(Cc1ncc(C#N)cn1)[C@@]2(O[C@H]1CC[C@H](O)C1)c1ccc(Cl)cc1)c1cn(C)cn1. The van der Waals surface area contributed by atoms with Crippen molar-refractivity contribution in [2.75, 3.05) is 0 Å². The van der Waals surface area contributed by atoms with Crippen molar-refractivity contribution in [3.05, 3.63) is 111 Å². The summed E-state index contributed by atoms with van der Waals surface area (Å²) in [5, 5.41) is 31.8. The van der Waals surface area contributed by atoms with E-state index in [4.69, 9.17) is 16.3 Å². The van der Waals surface area contributed by atoms with Gasteiger partial charge in [-0.3, -0.25) is 9.69 Å². The number of hydrogen-bond donors (Lipinski definition) is 2. The Hall–Kier alpha value is -4.21. The number of aliphatic hydroxyl groups is 2. The summed E-state index contributed by atoms with van der Waals surface area (Å²) >= 11 is 6.24. The number of benzene rings is 2. The summed E-state index contributed by atoms with van der Waals surface area (Å²) in [5.74, 6) is -1.12. The van der Waals surface area contributed by atoms with Crippen LogP contribution in [0.15, 0.2) is 61.3 Å². The molecule has 4 atom stereocenters. The van der Waals surface area contributed by atoms with Crippen molar-refractivity contribution >= 4 is 17.5 Å². The first-order valence-corrected chi connectivity index (χ1v) is 14.7. The molecule has 2 aliphatic rings. The highest BCUT2D eigenvalue weighted by molar-refractivity contribution is 6.30. The molecule has 2 aromatic heterocycles. The normalized spacial score (nSPS) is 22.6. The van der Waals surface area contributed by atoms with Crippen LogP contribution in [-0.2, 0) is 29.7 Å². The Morgan fingerprint density at radius 1 is 1.20 bits per heavy atom. The van der Waals surface area contributed by atoms with Crippen LogP contribution < -0.4 is 0 Å². The molecule has 226 valence electrons. The van der Waals surface area contributed by atoms with E-state index in [0.29, 0.717) is 35.5 Å². The Morgan fingerprint density at radius 3 is 2.52 bits per heavy atom. The molecule has 0 radical (unpaired) electrons. The molecule has 6 rings (SSSR count). The van der Waals surface area contributed by atoms with E-state index in [-0.39, 0.29) is 41.0 Å². The van der Waals surface area contributed by atoms with E-state index >= 15 is 4.39 Å². The number of imidazole rings is 1. The molecule has 10 nitrogen and oxygen atoms in total. The minimum absolute atomic E-state index is 0.00458. The van der Waals surface area contributed by atoms with Crippen LogP contribution in [0.2, 0.25) is 5.02 Å². The van der Waals surface area contributed by atoms with Gasteiger partial charge in [0.2, 0.25) is 5.72 Å². The van der Waals surface area contributed by atoms with Gasteiger partial charge in [0.25, 0.3) is 5.91 Å². The highest BCUT2D eigenvalue weighted by Crippen LogP contribution is 2.50. The lowest BCUT2D eigenvalue weighted by Crippen LogP contribution is -2.49. The van der Waals surface area contributed by atoms with E-state index in [2.05, 4.69) is 15.0 Å². The number of ether oxygens (including phenoxy) is 1. The molecule has 1 amide bonds. The van der Waals surface area contributed by atoms with Gasteiger partial charge in [-0.2, -0.15) is 5.26 Å². The van der Waals surface area contributed by atoms with Crippen molar-refractivity contribution in [1.82, 2.24) is 24.4 Å². The van der Waals surface area contributed by atoms with Gasteiger partial charge in [-0.1, -0.05) is 30.7 Å². The lowest BCUT2D eigenvalue weighted by atomic mass is 9.84. The molecule has 1 aliphatic heterocycles. The third-order valence-electron chi connectivity index (χ3n) is 8.47. The Bertz CT molecular complexity index is 1760. The predicted octanol–water partition coefficient (Wildman–Crippen LogP) is 4.31. The van der Waals surface area contributed by atoms with Gasteiger partial charge >= 0.3 is 0 Å². The fraction of sp³-hybridized carbons (Fsp3) is 0.344. The number of aliphatic hydroxyl groups excluding tert-OH is 1. The lowest BCUT2D eigenvalue weighted by Gasteiger charge is -2.41. The average Bonchev–Trinajstić information content (AvgIpc) is 3.71. The van der Waals surface area contributed by atoms with Crippen LogP contribution in [0.25, 0.3) is 0 Å². The van der Waals surface area contributed by atoms with Crippen molar-refractivity contribution in [3.63, 3.8) is 0 Å². The third kappa shape index (κ3) is 4.94. The summed E-state index contributed by atoms with van der Waals surface area (Å²) in [7, 11) is 1.76. The number of nitriles is 1. The van der Waals surface area contributed by atoms with E-state index in [1.165, 1.54) is 29.4 Å². The van der Waals surface area contributed by atoms with Gasteiger partial charge in [0.15, 0.2) is 0 Å². The number of fused-ring (bicyclic) bond motifs is 1. The minimum atomic E-state index is -1.79. The molecule has 0 spiro atoms. The number of carbonyl (C=O) groups is 1. The van der Waals surface area contributed by atoms with Crippen LogP contribution in [0.1, 0.15) is 76.7 Å². The number of aryl methyl sites for hydroxylation is 1. The molecular formula is C32H30ClFN6O4. The van der Waals surface area contributed by atoms with E-state index in [1.54, 1.807) is 55.3 Å². The number of carbonyl (C=O) groups excluding carboxylic acids is 1. The summed E-state index contributed by atoms with van der Waals surface area (Å²) in [4.78, 5) is 28.7. The maximum Gasteiger partial charge on any atom is 0.257 e. The second kappa shape index (κ2) is 11.4. The first-order chi connectivity index (χ1) is 21.1. The molecule has 1 saturated carbocycles. The lowest BCUT2D eigenvalue weighted by molar-refractivity contribution is -0.149. The highest BCUT2D eigenvalue weighted by Gasteiger charge is 2.56. The van der Waals surface area contributed by atoms with Crippen LogP contribution in [0.3, 0.4) is 0 Å². The van der Waals surface area contributed by atoms with Gasteiger partial charge in [-0.15, -0.1) is 0 Å². The van der Waals surface area contributed by atoms with Crippen LogP contribution in [0.5, 0.6) is 0 Å². The molecule has 0 saturated heterocycles. The van der Waals surface area contributed by atoms with E-state index in [1.807, 2.05) is 6.07 Å². The van der Waals surface area contributed by atoms with E-state index < -0.39 is 35.3 Å². The number of aromatic nitrogens is 4. The molecule has 0 bridgehead atoms. The summed E-state index contributed by atoms with van der Waals surface area (Å²) < 4.78 is 25.3. The van der Waals surface area contributed by atoms with Crippen molar-refractivity contribution < 1.29 is 24.1 Å². The van der Waals surface area contributed by atoms with Gasteiger partial charge < -0.3 is 19.5 Å². The number of hydrogen-bond acceptors (Lipinski definition) is 8. The summed E-state index contributed by atoms with van der Waals surface area (Å²) in [6.07, 6.45) is 6.24. The second-order valence-electron chi connectivity index (χ2n) is 11.3. The van der Waals surface area contributed by atoms with Crippen LogP contribution in [0.4, 0.5) is 4.39 Å². The quantitative estimate of drug-likeness (QED) is 0.299. The van der Waals surface area contributed by atoms with E-state index in [9.17, 15) is 20.3 Å². The zero-order valence-electron chi connectivity index (χ0n) is 24.1. The molecule has 1 aliphatic carbocycles. The zero-order chi connectivity index (χ0) is 31.2. The van der Waals surface area contributed by atoms with Crippen molar-refractivity contribution in [2.24, 2.45) is 7.05 Å². The fourth-order valence-electron chi connectivity index (χ4n) is 6.19. The first kappa shape index (κ1) is 29.8. The number of amides is 1. The minimum Gasteiger partial charge on any atom is -0.393 e. The van der Waals surface area contributed by atoms with Gasteiger partial charge in [-0.25, -0.2) is 19.3 Å². The summed E-state index contributed by atoms with van der Waals surface area (Å²) in [6, 6.07) is 11.3. The maximum atomic E-state index is 16.8. The van der Waals surface area contributed by atoms with Crippen molar-refractivity contribution in [3.8, 4) is 6.07 Å². The Labute approximate surface area is 258 Å². The van der Waals surface area contributed by atoms with Gasteiger partial charge in [0.05, 0.1) is 47.5 Å². The Kier molecular flexibility index (Phi) is 7.71. The molecule has 1 unspecified atom stereocenters. The second-order valence-corrected chi connectivity index (χ2v) is 11.7. The standard InChI is InChI=1S/C32H30ClFN6O4/c1-3-31(43,27-16-39(2)18-38-27)21-10-25-29(26(34)11-21)32(20-4-6-22(33)7-5-20,44-24-9-8-23(41)12-24)40(30(25)42)17-28-36-14-19(13-35)15-37-28/h4-7,10-11,14-16,18,23-24,41,43H,3,8-9,12,17H2,1-2H3/t23-,24-,31?,32+/m0/s1. The van der Waals surface area contributed by atoms with Gasteiger partial charge in [0, 0.05) is 36.2 Å². The third-order valence-corrected chi connectivity index (χ3v) is 8.72. The van der Waals surface area contributed by atoms with Gasteiger partial charge in [-0.05, 0) is 55.5 Å². The Balaban J connectivity index is 1.58. The van der Waals surface area contributed by atoms with Crippen LogP contribution in [-0.4, -0.2) is 52.7 Å². The van der Waals surface area contributed by atoms with Crippen molar-refractivity contribution in [1.29, 1.82) is 5.26 Å². The maximum absolute atomic E-state index is 16.8. The summed E-state index contributed by atoms with van der Waals surface area (Å²) in [5.41, 5.74) is -2.33. The molecule has 2 aromatic carbocycles. The smallest absolute Gasteiger partial charge is 0.257 e. The fourth-order valence-corrected chi connectivity index (χ4v) is 6.32. The number of halogens is 2. The average molecular weight is 617 g/mol. The Morgan fingerprint density at radius 2 is 1.93 bits per heavy atom. The monoisotopic (exact) mass is 616 g/mol. The van der Waals surface area contributed by atoms with Crippen molar-refractivity contribution in [2.45, 2.75) is 62.7 Å². The van der Waals surface area contributed by atoms with E-state index in [0.717, 1.165) is 0 Å². The van der Waals surface area contributed by atoms with Crippen LogP contribution in [0, 0.1) is 17.1 Å². The number of nitrogens with zero attached hydrogens (tertiary/aromatic N) is 6.